The van der Waals surface area contributed by atoms with Gasteiger partial charge in [-0.15, -0.1) is 11.8 Å². The Kier molecular flexibility index (Phi) is 6.15. The van der Waals surface area contributed by atoms with Crippen LogP contribution >= 0.6 is 11.8 Å². The number of aromatic nitrogens is 2. The summed E-state index contributed by atoms with van der Waals surface area (Å²) in [5.41, 5.74) is 0. The highest BCUT2D eigenvalue weighted by Gasteiger charge is 2.15. The summed E-state index contributed by atoms with van der Waals surface area (Å²) in [6.07, 6.45) is 3.11. The molecule has 1 unspecified atom stereocenters. The predicted molar refractivity (Wildman–Crippen MR) is 76.8 cm³/mol. The van der Waals surface area contributed by atoms with E-state index in [2.05, 4.69) is 43.2 Å². The Labute approximate surface area is 114 Å². The van der Waals surface area contributed by atoms with Gasteiger partial charge in [-0.05, 0) is 13.5 Å². The van der Waals surface area contributed by atoms with Crippen molar-refractivity contribution in [3.05, 3.63) is 11.7 Å². The number of nitrogens with one attached hydrogen (secondary N) is 1. The molecular weight excluding hydrogens is 246 g/mol. The molecule has 1 aromatic rings. The van der Waals surface area contributed by atoms with Crippen LogP contribution in [0.3, 0.4) is 0 Å². The van der Waals surface area contributed by atoms with Gasteiger partial charge in [0.15, 0.2) is 5.82 Å². The second-order valence-electron chi connectivity index (χ2n) is 5.48. The Balaban J connectivity index is 2.47. The van der Waals surface area contributed by atoms with E-state index < -0.39 is 0 Å². The highest BCUT2D eigenvalue weighted by Crippen LogP contribution is 2.26. The maximum absolute atomic E-state index is 5.29. The largest absolute Gasteiger partial charge is 0.339 e. The van der Waals surface area contributed by atoms with Crippen LogP contribution in [-0.4, -0.2) is 28.0 Å². The quantitative estimate of drug-likeness (QED) is 0.826. The number of hydrogen-bond donors (Lipinski definition) is 1. The van der Waals surface area contributed by atoms with Gasteiger partial charge in [0, 0.05) is 17.2 Å². The molecule has 0 saturated heterocycles. The van der Waals surface area contributed by atoms with Crippen molar-refractivity contribution >= 4 is 11.8 Å². The van der Waals surface area contributed by atoms with Crippen LogP contribution in [-0.2, 0) is 12.2 Å². The van der Waals surface area contributed by atoms with Gasteiger partial charge in [-0.3, -0.25) is 0 Å². The second kappa shape index (κ2) is 7.14. The number of nitrogens with zero attached hydrogens (tertiary/aromatic N) is 2. The molecule has 0 amide bonds. The van der Waals surface area contributed by atoms with E-state index in [4.69, 9.17) is 4.52 Å². The zero-order valence-corrected chi connectivity index (χ0v) is 12.9. The lowest BCUT2D eigenvalue weighted by atomic mass is 10.1. The third-order valence-corrected chi connectivity index (χ3v) is 3.88. The minimum Gasteiger partial charge on any atom is -0.339 e. The predicted octanol–water partition coefficient (Wildman–Crippen LogP) is 3.03. The van der Waals surface area contributed by atoms with Crippen LogP contribution in [0.25, 0.3) is 0 Å². The van der Waals surface area contributed by atoms with Gasteiger partial charge in [0.2, 0.25) is 5.89 Å². The lowest BCUT2D eigenvalue weighted by molar-refractivity contribution is 0.353. The van der Waals surface area contributed by atoms with E-state index in [1.165, 1.54) is 0 Å². The van der Waals surface area contributed by atoms with Crippen molar-refractivity contribution in [2.75, 3.05) is 7.05 Å². The third-order valence-electron chi connectivity index (χ3n) is 2.61. The minimum atomic E-state index is 0.233. The Bertz CT molecular complexity index is 346. The standard InChI is InChI=1S/C13H25N3OS/c1-6-7-10(14-5)8-12-15-11(16-17-12)9-18-13(2,3)4/h10,14H,6-9H2,1-5H3. The molecule has 0 bridgehead atoms. The van der Waals surface area contributed by atoms with Crippen LogP contribution in [0.4, 0.5) is 0 Å². The van der Waals surface area contributed by atoms with Gasteiger partial charge < -0.3 is 9.84 Å². The van der Waals surface area contributed by atoms with Crippen molar-refractivity contribution in [3.8, 4) is 0 Å². The number of likely N-dealkylation sites (N-methyl/N-ethyl adjacent to an activating group) is 1. The topological polar surface area (TPSA) is 51.0 Å². The molecule has 4 nitrogen and oxygen atoms in total. The highest BCUT2D eigenvalue weighted by atomic mass is 32.2. The summed E-state index contributed by atoms with van der Waals surface area (Å²) in [7, 11) is 1.98. The third kappa shape index (κ3) is 5.87. The molecule has 0 radical (unpaired) electrons. The summed E-state index contributed by atoms with van der Waals surface area (Å²) < 4.78 is 5.53. The van der Waals surface area contributed by atoms with Gasteiger partial charge >= 0.3 is 0 Å². The van der Waals surface area contributed by atoms with Crippen molar-refractivity contribution in [3.63, 3.8) is 0 Å². The summed E-state index contributed by atoms with van der Waals surface area (Å²) in [6, 6.07) is 0.429. The molecule has 18 heavy (non-hydrogen) atoms. The van der Waals surface area contributed by atoms with E-state index in [0.717, 1.165) is 36.7 Å². The molecule has 0 spiro atoms. The van der Waals surface area contributed by atoms with E-state index in [9.17, 15) is 0 Å². The molecule has 1 heterocycles. The van der Waals surface area contributed by atoms with Gasteiger partial charge in [-0.1, -0.05) is 39.3 Å². The van der Waals surface area contributed by atoms with Crippen molar-refractivity contribution in [2.24, 2.45) is 0 Å². The monoisotopic (exact) mass is 271 g/mol. The van der Waals surface area contributed by atoms with E-state index in [1.54, 1.807) is 0 Å². The van der Waals surface area contributed by atoms with Crippen LogP contribution in [0.2, 0.25) is 0 Å². The van der Waals surface area contributed by atoms with Gasteiger partial charge in [0.25, 0.3) is 0 Å². The summed E-state index contributed by atoms with van der Waals surface area (Å²) >= 11 is 1.83. The van der Waals surface area contributed by atoms with Crippen LogP contribution in [0, 0.1) is 0 Å². The minimum absolute atomic E-state index is 0.233. The van der Waals surface area contributed by atoms with Gasteiger partial charge in [0.05, 0.1) is 5.75 Å². The fourth-order valence-electron chi connectivity index (χ4n) is 1.62. The average molecular weight is 271 g/mol. The molecule has 1 aromatic heterocycles. The first kappa shape index (κ1) is 15.5. The SMILES string of the molecule is CCCC(Cc1nc(CSC(C)(C)C)no1)NC. The lowest BCUT2D eigenvalue weighted by Gasteiger charge is -2.15. The van der Waals surface area contributed by atoms with E-state index in [-0.39, 0.29) is 4.75 Å². The molecule has 1 atom stereocenters. The Morgan fingerprint density at radius 3 is 2.67 bits per heavy atom. The maximum Gasteiger partial charge on any atom is 0.228 e. The number of thioether (sulfide) groups is 1. The van der Waals surface area contributed by atoms with Crippen molar-refractivity contribution in [1.82, 2.24) is 15.5 Å². The molecule has 104 valence electrons. The number of rotatable bonds is 7. The molecule has 0 saturated carbocycles. The molecule has 1 N–H and O–H groups in total. The normalized spacial score (nSPS) is 13.8. The average Bonchev–Trinajstić information content (AvgIpc) is 2.73. The van der Waals surface area contributed by atoms with E-state index in [0.29, 0.717) is 6.04 Å². The Morgan fingerprint density at radius 1 is 1.39 bits per heavy atom. The zero-order valence-electron chi connectivity index (χ0n) is 12.1. The highest BCUT2D eigenvalue weighted by molar-refractivity contribution is 7.99. The molecule has 0 fully saturated rings. The molecule has 0 aromatic carbocycles. The molecule has 0 aliphatic heterocycles. The molecule has 0 aliphatic rings. The van der Waals surface area contributed by atoms with E-state index >= 15 is 0 Å². The Hall–Kier alpha value is -0.550. The zero-order chi connectivity index (χ0) is 13.6. The lowest BCUT2D eigenvalue weighted by Crippen LogP contribution is -2.27. The Morgan fingerprint density at radius 2 is 2.11 bits per heavy atom. The second-order valence-corrected chi connectivity index (χ2v) is 7.29. The summed E-state index contributed by atoms with van der Waals surface area (Å²) in [5.74, 6) is 2.36. The van der Waals surface area contributed by atoms with Gasteiger partial charge in [-0.2, -0.15) is 4.98 Å². The molecular formula is C13H25N3OS. The summed E-state index contributed by atoms with van der Waals surface area (Å²) in [6.45, 7) is 8.76. The first-order valence-electron chi connectivity index (χ1n) is 6.57. The molecule has 0 aliphatic carbocycles. The van der Waals surface area contributed by atoms with Gasteiger partial charge in [-0.25, -0.2) is 0 Å². The first-order chi connectivity index (χ1) is 8.44. The van der Waals surface area contributed by atoms with Crippen molar-refractivity contribution < 1.29 is 4.52 Å². The first-order valence-corrected chi connectivity index (χ1v) is 7.56. The summed E-state index contributed by atoms with van der Waals surface area (Å²) in [5, 5.41) is 7.32. The van der Waals surface area contributed by atoms with Gasteiger partial charge in [0.1, 0.15) is 0 Å². The van der Waals surface area contributed by atoms with Crippen LogP contribution < -0.4 is 5.32 Å². The molecule has 5 heteroatoms. The maximum atomic E-state index is 5.29. The number of hydrogen-bond acceptors (Lipinski definition) is 5. The van der Waals surface area contributed by atoms with Crippen LogP contribution in [0.15, 0.2) is 4.52 Å². The van der Waals surface area contributed by atoms with Crippen LogP contribution in [0.5, 0.6) is 0 Å². The fourth-order valence-corrected chi connectivity index (χ4v) is 2.30. The van der Waals surface area contributed by atoms with Crippen molar-refractivity contribution in [1.29, 1.82) is 0 Å². The summed E-state index contributed by atoms with van der Waals surface area (Å²) in [4.78, 5) is 4.44. The van der Waals surface area contributed by atoms with E-state index in [1.807, 2.05) is 18.8 Å². The molecule has 1 rings (SSSR count). The van der Waals surface area contributed by atoms with Crippen LogP contribution in [0.1, 0.15) is 52.3 Å². The fraction of sp³-hybridized carbons (Fsp3) is 0.846. The smallest absolute Gasteiger partial charge is 0.228 e. The van der Waals surface area contributed by atoms with Crippen molar-refractivity contribution in [2.45, 2.75) is 63.5 Å².